The van der Waals surface area contributed by atoms with E-state index in [-0.39, 0.29) is 5.56 Å². The average Bonchev–Trinajstić information content (AvgIpc) is 2.41. The number of benzene rings is 1. The van der Waals surface area contributed by atoms with Gasteiger partial charge in [0, 0.05) is 6.07 Å². The molecule has 6 heteroatoms. The lowest BCUT2D eigenvalue weighted by molar-refractivity contribution is 0.415. The Kier molecular flexibility index (Phi) is 3.20. The average molecular weight is 246 g/mol. The van der Waals surface area contributed by atoms with Gasteiger partial charge in [0.25, 0.3) is 0 Å². The topological polar surface area (TPSA) is 97.4 Å². The highest BCUT2D eigenvalue weighted by molar-refractivity contribution is 5.69. The van der Waals surface area contributed by atoms with Gasteiger partial charge in [-0.25, -0.2) is 5.84 Å². The van der Waals surface area contributed by atoms with Crippen molar-refractivity contribution < 1.29 is 4.74 Å². The Balaban J connectivity index is 2.37. The number of hydrazine groups is 1. The second kappa shape index (κ2) is 4.80. The second-order valence-corrected chi connectivity index (χ2v) is 3.69. The monoisotopic (exact) mass is 246 g/mol. The molecule has 5 N–H and O–H groups in total. The molecule has 2 aromatic rings. The molecule has 18 heavy (non-hydrogen) atoms. The van der Waals surface area contributed by atoms with Crippen molar-refractivity contribution in [1.82, 2.24) is 4.98 Å². The van der Waals surface area contributed by atoms with Crippen LogP contribution in [-0.4, -0.2) is 12.1 Å². The Morgan fingerprint density at radius 1 is 1.17 bits per heavy atom. The van der Waals surface area contributed by atoms with Crippen LogP contribution < -0.4 is 26.9 Å². The Hall–Kier alpha value is -2.47. The van der Waals surface area contributed by atoms with Gasteiger partial charge in [0.1, 0.15) is 5.75 Å². The zero-order chi connectivity index (χ0) is 13.1. The number of rotatable bonds is 3. The van der Waals surface area contributed by atoms with Gasteiger partial charge in [-0.15, -0.1) is 0 Å². The summed E-state index contributed by atoms with van der Waals surface area (Å²) in [6, 6.07) is 9.93. The van der Waals surface area contributed by atoms with Crippen LogP contribution in [0.2, 0.25) is 0 Å². The van der Waals surface area contributed by atoms with E-state index in [1.807, 2.05) is 0 Å². The van der Waals surface area contributed by atoms with Crippen LogP contribution in [0.3, 0.4) is 0 Å². The molecule has 0 aliphatic carbocycles. The molecule has 0 amide bonds. The molecule has 94 valence electrons. The normalized spacial score (nSPS) is 10.1. The number of aromatic amines is 1. The molecule has 0 aliphatic heterocycles. The standard InChI is InChI=1S/C12H14N4O2/c1-18-9-4-2-8(3-5-9)16(14)12-10(13)6-7-11(17)15-12/h2-7H,13-14H2,1H3,(H,15,17). The number of nitrogen functional groups attached to an aromatic ring is 1. The molecule has 0 saturated heterocycles. The molecular formula is C12H14N4O2. The van der Waals surface area contributed by atoms with Gasteiger partial charge < -0.3 is 15.5 Å². The van der Waals surface area contributed by atoms with Crippen LogP contribution in [0.1, 0.15) is 0 Å². The SMILES string of the molecule is COc1ccc(N(N)c2[nH]c(=O)ccc2N)cc1. The van der Waals surface area contributed by atoms with Gasteiger partial charge in [-0.2, -0.15) is 0 Å². The number of nitrogens with zero attached hydrogens (tertiary/aromatic N) is 1. The van der Waals surface area contributed by atoms with Crippen LogP contribution in [0.4, 0.5) is 17.2 Å². The highest BCUT2D eigenvalue weighted by Gasteiger charge is 2.09. The number of pyridine rings is 1. The zero-order valence-corrected chi connectivity index (χ0v) is 9.88. The smallest absolute Gasteiger partial charge is 0.249 e. The lowest BCUT2D eigenvalue weighted by Gasteiger charge is -2.19. The molecule has 0 unspecified atom stereocenters. The molecule has 0 fully saturated rings. The van der Waals surface area contributed by atoms with Crippen molar-refractivity contribution in [3.05, 3.63) is 46.8 Å². The molecule has 1 aromatic heterocycles. The first kappa shape index (κ1) is 12.0. The molecule has 6 nitrogen and oxygen atoms in total. The number of anilines is 3. The number of methoxy groups -OCH3 is 1. The maximum atomic E-state index is 11.3. The molecule has 0 saturated carbocycles. The Morgan fingerprint density at radius 2 is 1.83 bits per heavy atom. The fraction of sp³-hybridized carbons (Fsp3) is 0.0833. The summed E-state index contributed by atoms with van der Waals surface area (Å²) in [5.41, 5.74) is 6.59. The summed E-state index contributed by atoms with van der Waals surface area (Å²) >= 11 is 0. The van der Waals surface area contributed by atoms with Crippen LogP contribution >= 0.6 is 0 Å². The van der Waals surface area contributed by atoms with E-state index in [0.29, 0.717) is 17.2 Å². The number of nitrogens with two attached hydrogens (primary N) is 2. The lowest BCUT2D eigenvalue weighted by atomic mass is 10.3. The first-order valence-electron chi connectivity index (χ1n) is 5.29. The zero-order valence-electron chi connectivity index (χ0n) is 9.88. The van der Waals surface area contributed by atoms with Crippen LogP contribution in [0.25, 0.3) is 0 Å². The highest BCUT2D eigenvalue weighted by Crippen LogP contribution is 2.25. The van der Waals surface area contributed by atoms with E-state index >= 15 is 0 Å². The molecule has 0 radical (unpaired) electrons. The molecule has 0 spiro atoms. The van der Waals surface area contributed by atoms with Gasteiger partial charge in [-0.3, -0.25) is 9.80 Å². The summed E-state index contributed by atoms with van der Waals surface area (Å²) in [5, 5.41) is 1.32. The summed E-state index contributed by atoms with van der Waals surface area (Å²) in [6.07, 6.45) is 0. The Morgan fingerprint density at radius 3 is 2.44 bits per heavy atom. The van der Waals surface area contributed by atoms with E-state index in [4.69, 9.17) is 16.3 Å². The van der Waals surface area contributed by atoms with E-state index in [0.717, 1.165) is 5.75 Å². The minimum absolute atomic E-state index is 0.261. The maximum absolute atomic E-state index is 11.3. The Bertz CT molecular complexity index is 592. The maximum Gasteiger partial charge on any atom is 0.249 e. The number of hydrogen-bond acceptors (Lipinski definition) is 5. The molecule has 0 atom stereocenters. The minimum atomic E-state index is -0.261. The van der Waals surface area contributed by atoms with Crippen LogP contribution in [0.15, 0.2) is 41.2 Å². The third-order valence-corrected chi connectivity index (χ3v) is 2.52. The van der Waals surface area contributed by atoms with Crippen LogP contribution in [-0.2, 0) is 0 Å². The van der Waals surface area contributed by atoms with E-state index < -0.39 is 0 Å². The van der Waals surface area contributed by atoms with Crippen molar-refractivity contribution in [3.63, 3.8) is 0 Å². The van der Waals surface area contributed by atoms with Crippen molar-refractivity contribution in [3.8, 4) is 5.75 Å². The fourth-order valence-corrected chi connectivity index (χ4v) is 1.55. The van der Waals surface area contributed by atoms with Crippen molar-refractivity contribution >= 4 is 17.2 Å². The van der Waals surface area contributed by atoms with E-state index in [9.17, 15) is 4.79 Å². The number of H-pyrrole nitrogens is 1. The molecule has 0 bridgehead atoms. The van der Waals surface area contributed by atoms with E-state index in [2.05, 4.69) is 4.98 Å². The third-order valence-electron chi connectivity index (χ3n) is 2.52. The van der Waals surface area contributed by atoms with Crippen molar-refractivity contribution in [2.75, 3.05) is 17.9 Å². The summed E-state index contributed by atoms with van der Waals surface area (Å²) in [6.45, 7) is 0. The summed E-state index contributed by atoms with van der Waals surface area (Å²) in [7, 11) is 1.59. The molecular weight excluding hydrogens is 232 g/mol. The van der Waals surface area contributed by atoms with Gasteiger partial charge in [-0.1, -0.05) is 0 Å². The third kappa shape index (κ3) is 2.28. The number of nitrogens with one attached hydrogen (secondary N) is 1. The van der Waals surface area contributed by atoms with Crippen LogP contribution in [0.5, 0.6) is 5.75 Å². The second-order valence-electron chi connectivity index (χ2n) is 3.69. The molecule has 1 aromatic carbocycles. The van der Waals surface area contributed by atoms with Gasteiger partial charge in [0.2, 0.25) is 5.56 Å². The van der Waals surface area contributed by atoms with E-state index in [1.54, 1.807) is 31.4 Å². The largest absolute Gasteiger partial charge is 0.497 e. The molecule has 1 heterocycles. The van der Waals surface area contributed by atoms with Gasteiger partial charge in [0.05, 0.1) is 18.5 Å². The van der Waals surface area contributed by atoms with Crippen molar-refractivity contribution in [1.29, 1.82) is 0 Å². The summed E-state index contributed by atoms with van der Waals surface area (Å²) in [4.78, 5) is 13.9. The van der Waals surface area contributed by atoms with E-state index in [1.165, 1.54) is 17.1 Å². The molecule has 2 rings (SSSR count). The minimum Gasteiger partial charge on any atom is -0.497 e. The quantitative estimate of drug-likeness (QED) is 0.554. The number of hydrogen-bond donors (Lipinski definition) is 3. The van der Waals surface area contributed by atoms with Crippen molar-refractivity contribution in [2.45, 2.75) is 0 Å². The number of aromatic nitrogens is 1. The Labute approximate surface area is 104 Å². The predicted octanol–water partition coefficient (Wildman–Crippen LogP) is 0.977. The summed E-state index contributed by atoms with van der Waals surface area (Å²) < 4.78 is 5.06. The first-order chi connectivity index (χ1) is 8.61. The fourth-order valence-electron chi connectivity index (χ4n) is 1.55. The highest BCUT2D eigenvalue weighted by atomic mass is 16.5. The molecule has 0 aliphatic rings. The first-order valence-corrected chi connectivity index (χ1v) is 5.29. The van der Waals surface area contributed by atoms with Gasteiger partial charge in [-0.05, 0) is 30.3 Å². The van der Waals surface area contributed by atoms with Gasteiger partial charge >= 0.3 is 0 Å². The predicted molar refractivity (Wildman–Crippen MR) is 70.8 cm³/mol. The lowest BCUT2D eigenvalue weighted by Crippen LogP contribution is -2.28. The summed E-state index contributed by atoms with van der Waals surface area (Å²) in [5.74, 6) is 7.00. The van der Waals surface area contributed by atoms with Crippen LogP contribution in [0, 0.1) is 0 Å². The van der Waals surface area contributed by atoms with Crippen molar-refractivity contribution in [2.24, 2.45) is 5.84 Å². The number of ether oxygens (including phenoxy) is 1. The van der Waals surface area contributed by atoms with Gasteiger partial charge in [0.15, 0.2) is 5.82 Å².